The molecule has 2 aliphatic rings. The molecule has 0 saturated carbocycles. The fourth-order valence-corrected chi connectivity index (χ4v) is 3.43. The minimum absolute atomic E-state index is 0.603. The minimum atomic E-state index is 0.603. The van der Waals surface area contributed by atoms with Gasteiger partial charge in [0.25, 0.3) is 0 Å². The standard InChI is InChI=1S/C10H19IN2/c1-9(2)12-6-3-10(4-7-12)5-8-13(10)11/h9H,3-8H2,1-2H3. The first-order chi connectivity index (χ1) is 6.14. The quantitative estimate of drug-likeness (QED) is 0.541. The highest BCUT2D eigenvalue weighted by Crippen LogP contribution is 2.42. The Morgan fingerprint density at radius 3 is 1.92 bits per heavy atom. The van der Waals surface area contributed by atoms with E-state index >= 15 is 0 Å². The molecule has 2 heterocycles. The first-order valence-electron chi connectivity index (χ1n) is 5.31. The molecule has 0 unspecified atom stereocenters. The van der Waals surface area contributed by atoms with E-state index in [9.17, 15) is 0 Å². The van der Waals surface area contributed by atoms with E-state index in [1.54, 1.807) is 0 Å². The third-order valence-electron chi connectivity index (χ3n) is 3.75. The van der Waals surface area contributed by atoms with Gasteiger partial charge >= 0.3 is 0 Å². The van der Waals surface area contributed by atoms with E-state index in [1.165, 1.54) is 38.9 Å². The van der Waals surface area contributed by atoms with Gasteiger partial charge in [0.15, 0.2) is 0 Å². The average molecular weight is 294 g/mol. The van der Waals surface area contributed by atoms with Gasteiger partial charge in [-0.2, -0.15) is 0 Å². The van der Waals surface area contributed by atoms with Crippen LogP contribution in [0.5, 0.6) is 0 Å². The molecule has 0 N–H and O–H groups in total. The largest absolute Gasteiger partial charge is 0.301 e. The van der Waals surface area contributed by atoms with Crippen LogP contribution in [-0.2, 0) is 0 Å². The fourth-order valence-electron chi connectivity index (χ4n) is 2.46. The molecular formula is C10H19IN2. The Morgan fingerprint density at radius 2 is 1.62 bits per heavy atom. The smallest absolute Gasteiger partial charge is 0.0342 e. The molecule has 2 nitrogen and oxygen atoms in total. The summed E-state index contributed by atoms with van der Waals surface area (Å²) in [4.78, 5) is 2.61. The van der Waals surface area contributed by atoms with Crippen molar-refractivity contribution in [2.75, 3.05) is 19.6 Å². The molecule has 76 valence electrons. The molecule has 0 aromatic heterocycles. The molecule has 13 heavy (non-hydrogen) atoms. The molecule has 2 rings (SSSR count). The van der Waals surface area contributed by atoms with E-state index in [4.69, 9.17) is 0 Å². The molecular weight excluding hydrogens is 275 g/mol. The second-order valence-corrected chi connectivity index (χ2v) is 5.85. The summed E-state index contributed by atoms with van der Waals surface area (Å²) in [6.07, 6.45) is 4.20. The molecule has 0 aliphatic carbocycles. The van der Waals surface area contributed by atoms with Gasteiger partial charge in [-0.05, 0) is 33.1 Å². The summed E-state index contributed by atoms with van der Waals surface area (Å²) in [5, 5.41) is 0. The summed E-state index contributed by atoms with van der Waals surface area (Å²) in [6, 6.07) is 0.736. The average Bonchev–Trinajstić information content (AvgIpc) is 2.15. The molecule has 0 bridgehead atoms. The first kappa shape index (κ1) is 10.2. The van der Waals surface area contributed by atoms with Gasteiger partial charge in [-0.25, -0.2) is 3.11 Å². The van der Waals surface area contributed by atoms with Gasteiger partial charge in [-0.3, -0.25) is 0 Å². The van der Waals surface area contributed by atoms with Gasteiger partial charge < -0.3 is 4.90 Å². The van der Waals surface area contributed by atoms with E-state index in [0.29, 0.717) is 5.54 Å². The second-order valence-electron chi connectivity index (χ2n) is 4.69. The molecule has 0 aromatic carbocycles. The highest BCUT2D eigenvalue weighted by atomic mass is 127. The van der Waals surface area contributed by atoms with E-state index < -0.39 is 0 Å². The monoisotopic (exact) mass is 294 g/mol. The molecule has 3 heteroatoms. The molecule has 1 spiro atoms. The number of likely N-dealkylation sites (tertiary alicyclic amines) is 1. The summed E-state index contributed by atoms with van der Waals surface area (Å²) in [5.41, 5.74) is 0.603. The fraction of sp³-hybridized carbons (Fsp3) is 1.00. The molecule has 0 amide bonds. The number of hydrogen-bond acceptors (Lipinski definition) is 2. The van der Waals surface area contributed by atoms with E-state index in [1.807, 2.05) is 0 Å². The zero-order valence-corrected chi connectivity index (χ0v) is 10.7. The highest BCUT2D eigenvalue weighted by molar-refractivity contribution is 14.1. The van der Waals surface area contributed by atoms with Crippen molar-refractivity contribution in [3.05, 3.63) is 0 Å². The maximum Gasteiger partial charge on any atom is 0.0342 e. The Bertz CT molecular complexity index is 185. The lowest BCUT2D eigenvalue weighted by Gasteiger charge is -2.54. The molecule has 0 atom stereocenters. The lowest BCUT2D eigenvalue weighted by molar-refractivity contribution is 0.0164. The zero-order chi connectivity index (χ0) is 9.47. The van der Waals surface area contributed by atoms with Crippen LogP contribution in [0.2, 0.25) is 0 Å². The number of rotatable bonds is 1. The van der Waals surface area contributed by atoms with Crippen LogP contribution in [0, 0.1) is 0 Å². The zero-order valence-electron chi connectivity index (χ0n) is 8.59. The van der Waals surface area contributed by atoms with E-state index in [2.05, 4.69) is 44.7 Å². The molecule has 0 aromatic rings. The van der Waals surface area contributed by atoms with Crippen LogP contribution in [-0.4, -0.2) is 39.2 Å². The van der Waals surface area contributed by atoms with Crippen molar-refractivity contribution < 1.29 is 0 Å². The number of nitrogens with zero attached hydrogens (tertiary/aromatic N) is 2. The molecule has 2 saturated heterocycles. The molecule has 2 aliphatic heterocycles. The Labute approximate surface area is 95.2 Å². The lowest BCUT2D eigenvalue weighted by Crippen LogP contribution is -2.60. The van der Waals surface area contributed by atoms with Crippen molar-refractivity contribution in [2.24, 2.45) is 0 Å². The van der Waals surface area contributed by atoms with Gasteiger partial charge in [0.05, 0.1) is 0 Å². The summed E-state index contributed by atoms with van der Waals surface area (Å²) in [7, 11) is 0. The van der Waals surface area contributed by atoms with Crippen molar-refractivity contribution in [1.82, 2.24) is 8.01 Å². The predicted molar refractivity (Wildman–Crippen MR) is 64.0 cm³/mol. The van der Waals surface area contributed by atoms with E-state index in [-0.39, 0.29) is 0 Å². The highest BCUT2D eigenvalue weighted by Gasteiger charge is 2.45. The van der Waals surface area contributed by atoms with Crippen LogP contribution in [0.3, 0.4) is 0 Å². The maximum absolute atomic E-state index is 2.61. The van der Waals surface area contributed by atoms with Gasteiger partial charge in [0, 0.05) is 54.1 Å². The summed E-state index contributed by atoms with van der Waals surface area (Å²) in [5.74, 6) is 0. The van der Waals surface area contributed by atoms with E-state index in [0.717, 1.165) is 6.04 Å². The maximum atomic E-state index is 2.61. The Morgan fingerprint density at radius 1 is 1.08 bits per heavy atom. The molecule has 0 radical (unpaired) electrons. The van der Waals surface area contributed by atoms with Gasteiger partial charge in [0.1, 0.15) is 0 Å². The third-order valence-corrected chi connectivity index (χ3v) is 5.25. The summed E-state index contributed by atoms with van der Waals surface area (Å²) < 4.78 is 2.53. The normalized spacial score (nSPS) is 29.5. The second kappa shape index (κ2) is 3.66. The Kier molecular flexibility index (Phi) is 2.87. The summed E-state index contributed by atoms with van der Waals surface area (Å²) in [6.45, 7) is 8.53. The minimum Gasteiger partial charge on any atom is -0.301 e. The van der Waals surface area contributed by atoms with Crippen molar-refractivity contribution in [3.63, 3.8) is 0 Å². The number of piperidine rings is 1. The van der Waals surface area contributed by atoms with Crippen molar-refractivity contribution in [3.8, 4) is 0 Å². The van der Waals surface area contributed by atoms with Crippen molar-refractivity contribution in [2.45, 2.75) is 44.7 Å². The SMILES string of the molecule is CC(C)N1CCC2(CC1)CCN2I. The van der Waals surface area contributed by atoms with Crippen LogP contribution < -0.4 is 0 Å². The van der Waals surface area contributed by atoms with Gasteiger partial charge in [-0.1, -0.05) is 0 Å². The molecule has 2 fully saturated rings. The Balaban J connectivity index is 1.89. The lowest BCUT2D eigenvalue weighted by atomic mass is 9.79. The number of hydrogen-bond donors (Lipinski definition) is 0. The van der Waals surface area contributed by atoms with Crippen molar-refractivity contribution in [1.29, 1.82) is 0 Å². The Hall–Kier alpha value is 0.650. The van der Waals surface area contributed by atoms with Crippen LogP contribution in [0.15, 0.2) is 0 Å². The van der Waals surface area contributed by atoms with Crippen LogP contribution in [0.25, 0.3) is 0 Å². The first-order valence-corrected chi connectivity index (χ1v) is 6.28. The van der Waals surface area contributed by atoms with Crippen LogP contribution >= 0.6 is 22.9 Å². The van der Waals surface area contributed by atoms with Crippen LogP contribution in [0.4, 0.5) is 0 Å². The summed E-state index contributed by atoms with van der Waals surface area (Å²) >= 11 is 2.50. The number of halogens is 1. The van der Waals surface area contributed by atoms with Gasteiger partial charge in [0.2, 0.25) is 0 Å². The van der Waals surface area contributed by atoms with Crippen LogP contribution in [0.1, 0.15) is 33.1 Å². The third kappa shape index (κ3) is 1.75. The topological polar surface area (TPSA) is 6.48 Å². The van der Waals surface area contributed by atoms with Gasteiger partial charge in [-0.15, -0.1) is 0 Å². The van der Waals surface area contributed by atoms with Crippen molar-refractivity contribution >= 4 is 22.9 Å². The predicted octanol–water partition coefficient (Wildman–Crippen LogP) is 2.29.